The van der Waals surface area contributed by atoms with E-state index in [1.807, 2.05) is 0 Å². The van der Waals surface area contributed by atoms with Crippen LogP contribution in [0.25, 0.3) is 10.9 Å². The fourth-order valence-electron chi connectivity index (χ4n) is 2.74. The highest BCUT2D eigenvalue weighted by atomic mass is 32.2. The van der Waals surface area contributed by atoms with Crippen molar-refractivity contribution >= 4 is 22.7 Å². The molecule has 0 saturated carbocycles. The summed E-state index contributed by atoms with van der Waals surface area (Å²) >= 11 is 0.714. The Hall–Kier alpha value is -2.46. The van der Waals surface area contributed by atoms with E-state index in [0.717, 1.165) is 0 Å². The van der Waals surface area contributed by atoms with Crippen LogP contribution in [0.4, 0.5) is 22.0 Å². The van der Waals surface area contributed by atoms with Crippen LogP contribution in [0, 0.1) is 29.1 Å². The van der Waals surface area contributed by atoms with Crippen molar-refractivity contribution in [2.75, 3.05) is 13.7 Å². The number of hydrogen-bond acceptors (Lipinski definition) is 4. The van der Waals surface area contributed by atoms with Crippen LogP contribution in [-0.2, 0) is 17.0 Å². The molecule has 0 fully saturated rings. The number of thioether (sulfide) groups is 1. The van der Waals surface area contributed by atoms with Crippen molar-refractivity contribution in [1.29, 1.82) is 0 Å². The summed E-state index contributed by atoms with van der Waals surface area (Å²) in [7, 11) is 1.50. The molecule has 29 heavy (non-hydrogen) atoms. The number of benzene rings is 2. The highest BCUT2D eigenvalue weighted by Crippen LogP contribution is 2.29. The molecule has 2 aromatic carbocycles. The summed E-state index contributed by atoms with van der Waals surface area (Å²) in [6.45, 7) is 0.574. The van der Waals surface area contributed by atoms with E-state index in [1.54, 1.807) is 24.3 Å². The van der Waals surface area contributed by atoms with Gasteiger partial charge in [0, 0.05) is 31.6 Å². The van der Waals surface area contributed by atoms with Crippen LogP contribution < -0.4 is 5.56 Å². The number of para-hydroxylation sites is 1. The van der Waals surface area contributed by atoms with Crippen LogP contribution in [0.15, 0.2) is 34.2 Å². The molecule has 0 aliphatic rings. The third-order valence-corrected chi connectivity index (χ3v) is 5.21. The summed E-state index contributed by atoms with van der Waals surface area (Å²) in [5.74, 6) is -10.6. The van der Waals surface area contributed by atoms with Gasteiger partial charge in [0.25, 0.3) is 5.56 Å². The van der Waals surface area contributed by atoms with Crippen molar-refractivity contribution in [1.82, 2.24) is 9.55 Å². The largest absolute Gasteiger partial charge is 0.385 e. The number of methoxy groups -OCH3 is 1. The predicted molar refractivity (Wildman–Crippen MR) is 98.3 cm³/mol. The van der Waals surface area contributed by atoms with Gasteiger partial charge in [0.15, 0.2) is 28.4 Å². The average Bonchev–Trinajstić information content (AvgIpc) is 2.73. The SMILES string of the molecule is COCCCn1c(SCc2c(F)c(F)c(F)c(F)c2F)nc2ccccc2c1=O. The van der Waals surface area contributed by atoms with Gasteiger partial charge in [-0.2, -0.15) is 0 Å². The Balaban J connectivity index is 2.02. The van der Waals surface area contributed by atoms with Gasteiger partial charge in [0.1, 0.15) is 0 Å². The summed E-state index contributed by atoms with van der Waals surface area (Å²) in [6.07, 6.45) is 0.465. The third kappa shape index (κ3) is 4.13. The summed E-state index contributed by atoms with van der Waals surface area (Å²) < 4.78 is 74.2. The van der Waals surface area contributed by atoms with Crippen molar-refractivity contribution in [3.63, 3.8) is 0 Å². The maximum atomic E-state index is 13.9. The van der Waals surface area contributed by atoms with Gasteiger partial charge in [-0.05, 0) is 18.6 Å². The molecular weight excluding hydrogens is 415 g/mol. The summed E-state index contributed by atoms with van der Waals surface area (Å²) in [5.41, 5.74) is -0.982. The minimum Gasteiger partial charge on any atom is -0.385 e. The molecule has 4 nitrogen and oxygen atoms in total. The first-order valence-corrected chi connectivity index (χ1v) is 9.47. The van der Waals surface area contributed by atoms with Gasteiger partial charge in [0.2, 0.25) is 5.82 Å². The number of ether oxygens (including phenoxy) is 1. The van der Waals surface area contributed by atoms with E-state index in [9.17, 15) is 26.7 Å². The third-order valence-electron chi connectivity index (χ3n) is 4.20. The quantitative estimate of drug-likeness (QED) is 0.139. The summed E-state index contributed by atoms with van der Waals surface area (Å²) in [5, 5.41) is 0.458. The number of rotatable bonds is 7. The molecule has 3 aromatic rings. The molecule has 0 saturated heterocycles. The lowest BCUT2D eigenvalue weighted by Crippen LogP contribution is -2.24. The van der Waals surface area contributed by atoms with Crippen molar-refractivity contribution < 1.29 is 26.7 Å². The molecule has 1 aromatic heterocycles. The van der Waals surface area contributed by atoms with Gasteiger partial charge in [-0.15, -0.1) is 0 Å². The maximum absolute atomic E-state index is 13.9. The Kier molecular flexibility index (Phi) is 6.53. The molecular formula is C19H15F5N2O2S. The smallest absolute Gasteiger partial charge is 0.262 e. The Morgan fingerprint density at radius 1 is 1.00 bits per heavy atom. The van der Waals surface area contributed by atoms with Gasteiger partial charge in [0.05, 0.1) is 10.9 Å². The van der Waals surface area contributed by atoms with E-state index in [0.29, 0.717) is 35.7 Å². The number of hydrogen-bond donors (Lipinski definition) is 0. The van der Waals surface area contributed by atoms with E-state index in [2.05, 4.69) is 4.98 Å². The average molecular weight is 430 g/mol. The van der Waals surface area contributed by atoms with E-state index in [1.165, 1.54) is 11.7 Å². The van der Waals surface area contributed by atoms with Crippen LogP contribution in [-0.4, -0.2) is 23.3 Å². The zero-order chi connectivity index (χ0) is 21.1. The van der Waals surface area contributed by atoms with Gasteiger partial charge < -0.3 is 4.74 Å². The molecule has 0 aliphatic carbocycles. The molecule has 0 N–H and O–H groups in total. The minimum atomic E-state index is -2.21. The second-order valence-electron chi connectivity index (χ2n) is 6.05. The fourth-order valence-corrected chi connectivity index (χ4v) is 3.76. The lowest BCUT2D eigenvalue weighted by atomic mass is 10.2. The van der Waals surface area contributed by atoms with E-state index in [-0.39, 0.29) is 17.3 Å². The molecule has 0 atom stereocenters. The van der Waals surface area contributed by atoms with Crippen LogP contribution >= 0.6 is 11.8 Å². The Bertz CT molecular complexity index is 1090. The van der Waals surface area contributed by atoms with Crippen LogP contribution in [0.2, 0.25) is 0 Å². The molecule has 1 heterocycles. The van der Waals surface area contributed by atoms with Gasteiger partial charge in [-0.3, -0.25) is 9.36 Å². The van der Waals surface area contributed by atoms with E-state index < -0.39 is 40.4 Å². The highest BCUT2D eigenvalue weighted by Gasteiger charge is 2.26. The number of halogens is 5. The lowest BCUT2D eigenvalue weighted by Gasteiger charge is -2.14. The van der Waals surface area contributed by atoms with Crippen molar-refractivity contribution in [2.45, 2.75) is 23.9 Å². The number of fused-ring (bicyclic) bond motifs is 1. The highest BCUT2D eigenvalue weighted by molar-refractivity contribution is 7.98. The first-order valence-electron chi connectivity index (χ1n) is 8.48. The second kappa shape index (κ2) is 8.91. The molecule has 0 aliphatic heterocycles. The predicted octanol–water partition coefficient (Wildman–Crippen LogP) is 4.42. The zero-order valence-electron chi connectivity index (χ0n) is 15.1. The van der Waals surface area contributed by atoms with Crippen molar-refractivity contribution in [3.05, 3.63) is 69.3 Å². The van der Waals surface area contributed by atoms with Crippen LogP contribution in [0.3, 0.4) is 0 Å². The lowest BCUT2D eigenvalue weighted by molar-refractivity contribution is 0.189. The molecule has 10 heteroatoms. The van der Waals surface area contributed by atoms with E-state index in [4.69, 9.17) is 4.74 Å². The second-order valence-corrected chi connectivity index (χ2v) is 6.99. The Labute approximate surface area is 166 Å². The monoisotopic (exact) mass is 430 g/mol. The molecule has 0 spiro atoms. The van der Waals surface area contributed by atoms with Gasteiger partial charge >= 0.3 is 0 Å². The van der Waals surface area contributed by atoms with E-state index >= 15 is 0 Å². The first kappa shape index (κ1) is 21.3. The van der Waals surface area contributed by atoms with Crippen molar-refractivity contribution in [3.8, 4) is 0 Å². The van der Waals surface area contributed by atoms with Crippen LogP contribution in [0.1, 0.15) is 12.0 Å². The standard InChI is InChI=1S/C19H15F5N2O2S/c1-28-8-4-7-26-18(27)10-5-2-3-6-12(10)25-19(26)29-9-11-13(20)15(22)17(24)16(23)14(11)21/h2-3,5-6H,4,7-9H2,1H3. The number of nitrogens with zero attached hydrogens (tertiary/aromatic N) is 2. The summed E-state index contributed by atoms with van der Waals surface area (Å²) in [4.78, 5) is 17.1. The summed E-state index contributed by atoms with van der Waals surface area (Å²) in [6, 6.07) is 6.53. The van der Waals surface area contributed by atoms with Gasteiger partial charge in [-0.1, -0.05) is 23.9 Å². The van der Waals surface area contributed by atoms with Crippen LogP contribution in [0.5, 0.6) is 0 Å². The zero-order valence-corrected chi connectivity index (χ0v) is 16.0. The topological polar surface area (TPSA) is 44.1 Å². The normalized spacial score (nSPS) is 11.4. The molecule has 0 bridgehead atoms. The maximum Gasteiger partial charge on any atom is 0.262 e. The molecule has 3 rings (SSSR count). The number of aromatic nitrogens is 2. The Morgan fingerprint density at radius 2 is 1.62 bits per heavy atom. The molecule has 154 valence electrons. The fraction of sp³-hybridized carbons (Fsp3) is 0.263. The minimum absolute atomic E-state index is 0.105. The van der Waals surface area contributed by atoms with Gasteiger partial charge in [-0.25, -0.2) is 26.9 Å². The Morgan fingerprint density at radius 3 is 2.28 bits per heavy atom. The molecule has 0 unspecified atom stereocenters. The van der Waals surface area contributed by atoms with Crippen molar-refractivity contribution in [2.24, 2.45) is 0 Å². The molecule has 0 radical (unpaired) electrons. The first-order chi connectivity index (χ1) is 13.9. The molecule has 0 amide bonds.